The molecular weight excluding hydrogens is 710 g/mol. The fourth-order valence-electron chi connectivity index (χ4n) is 6.89. The molecule has 4 atom stereocenters. The maximum atomic E-state index is 14.9. The van der Waals surface area contributed by atoms with Crippen molar-refractivity contribution in [3.8, 4) is 16.5 Å². The van der Waals surface area contributed by atoms with E-state index < -0.39 is 49.4 Å². The molecule has 3 aliphatic rings. The van der Waals surface area contributed by atoms with Gasteiger partial charge in [0.2, 0.25) is 10.0 Å². The number of aryl methyl sites for hydroxylation is 1. The number of ether oxygens (including phenoxy) is 3. The number of sulfonamides is 1. The number of nitrogens with one attached hydrogen (secondary N) is 1. The van der Waals surface area contributed by atoms with Crippen LogP contribution < -0.4 is 20.7 Å². The molecule has 1 saturated carbocycles. The van der Waals surface area contributed by atoms with Crippen LogP contribution >= 0.6 is 22.9 Å². The summed E-state index contributed by atoms with van der Waals surface area (Å²) in [5, 5.41) is 0.145. The van der Waals surface area contributed by atoms with Gasteiger partial charge in [0.15, 0.2) is 5.82 Å². The molecule has 268 valence electrons. The molecule has 50 heavy (non-hydrogen) atoms. The lowest BCUT2D eigenvalue weighted by Crippen LogP contribution is -2.57. The monoisotopic (exact) mass is 747 g/mol. The summed E-state index contributed by atoms with van der Waals surface area (Å²) in [4.78, 5) is 48.1. The summed E-state index contributed by atoms with van der Waals surface area (Å²) < 4.78 is 67.0. The number of carbonyl (C=O) groups is 1. The van der Waals surface area contributed by atoms with E-state index in [1.54, 1.807) is 12.4 Å². The molecule has 3 fully saturated rings. The normalized spacial score (nSPS) is 22.1. The Kier molecular flexibility index (Phi) is 8.81. The molecular formula is C33H38FN5O8S3. The standard InChI is InChI=1S/C33H38FN5O8S3/c1-17-25-28(40)39(32(2,3)30(41)37-50(43,44)33(4)10-11-33)31(42)38(29(25)49-26(17)27-35-16-48-36-27)15-24(22-12-18(34)6-9-23(22)45-5)47-21-13-19-7-8-20(14-21)46-19/h6,9,12,16,19-21,24H,7-8,10-11,13-15H2,1-5H3,(H,37,41)/t19-,20+,21?,24-/m0/s1. The SMILES string of the molecule is COc1ccc(F)cc1[C@H](Cn1c(=O)n(C(C)(C)C(=O)NS(=O)(=O)C2(C)CC2)c(=O)c2c(C)c(-c3ncsn3)sc21)OC1C[C@H]2CC[C@@H](C1)O2. The van der Waals surface area contributed by atoms with Gasteiger partial charge in [-0.1, -0.05) is 0 Å². The Morgan fingerprint density at radius 2 is 1.92 bits per heavy atom. The third-order valence-electron chi connectivity index (χ3n) is 10.2. The minimum absolute atomic E-state index is 0.0340. The number of rotatable bonds is 11. The van der Waals surface area contributed by atoms with Crippen molar-refractivity contribution >= 4 is 49.0 Å². The Hall–Kier alpha value is -3.51. The summed E-state index contributed by atoms with van der Waals surface area (Å²) in [6.45, 7) is 5.72. The quantitative estimate of drug-likeness (QED) is 0.233. The van der Waals surface area contributed by atoms with Crippen LogP contribution in [0.2, 0.25) is 0 Å². The van der Waals surface area contributed by atoms with Gasteiger partial charge in [-0.3, -0.25) is 18.9 Å². The van der Waals surface area contributed by atoms with Crippen molar-refractivity contribution in [3.63, 3.8) is 0 Å². The molecule has 17 heteroatoms. The fourth-order valence-corrected chi connectivity index (χ4v) is 10.0. The maximum Gasteiger partial charge on any atom is 0.333 e. The smallest absolute Gasteiger partial charge is 0.333 e. The van der Waals surface area contributed by atoms with Crippen molar-refractivity contribution < 1.29 is 31.8 Å². The predicted octanol–water partition coefficient (Wildman–Crippen LogP) is 4.40. The molecule has 2 bridgehead atoms. The second kappa shape index (κ2) is 12.6. The zero-order valence-electron chi connectivity index (χ0n) is 28.2. The number of nitrogens with zero attached hydrogens (tertiary/aromatic N) is 4. The Labute approximate surface area is 295 Å². The number of hydrogen-bond donors (Lipinski definition) is 1. The topological polar surface area (TPSA) is 161 Å². The minimum Gasteiger partial charge on any atom is -0.496 e. The first-order valence-electron chi connectivity index (χ1n) is 16.4. The molecule has 0 radical (unpaired) electrons. The van der Waals surface area contributed by atoms with Crippen molar-refractivity contribution in [1.82, 2.24) is 23.2 Å². The number of amides is 1. The van der Waals surface area contributed by atoms with Crippen molar-refractivity contribution in [1.29, 1.82) is 0 Å². The van der Waals surface area contributed by atoms with Crippen molar-refractivity contribution in [2.24, 2.45) is 0 Å². The van der Waals surface area contributed by atoms with E-state index in [-0.39, 0.29) is 35.1 Å². The van der Waals surface area contributed by atoms with Crippen LogP contribution in [0.25, 0.3) is 20.9 Å². The van der Waals surface area contributed by atoms with Crippen LogP contribution in [0.1, 0.15) is 76.5 Å². The second-order valence-corrected chi connectivity index (χ2v) is 17.8. The third-order valence-corrected chi connectivity index (χ3v) is 14.2. The molecule has 1 amide bonds. The average molecular weight is 748 g/mol. The Morgan fingerprint density at radius 1 is 1.22 bits per heavy atom. The van der Waals surface area contributed by atoms with Crippen LogP contribution in [-0.2, 0) is 36.4 Å². The highest BCUT2D eigenvalue weighted by atomic mass is 32.2. The van der Waals surface area contributed by atoms with Gasteiger partial charge in [0.05, 0.1) is 47.0 Å². The molecule has 4 aromatic rings. The van der Waals surface area contributed by atoms with Gasteiger partial charge in [-0.15, -0.1) is 11.3 Å². The van der Waals surface area contributed by atoms with Gasteiger partial charge in [-0.25, -0.2) is 27.2 Å². The van der Waals surface area contributed by atoms with Gasteiger partial charge in [0.1, 0.15) is 33.6 Å². The van der Waals surface area contributed by atoms with E-state index in [1.165, 1.54) is 50.6 Å². The molecule has 1 N–H and O–H groups in total. The lowest BCUT2D eigenvalue weighted by Gasteiger charge is -2.33. The number of fused-ring (bicyclic) bond motifs is 3. The zero-order chi connectivity index (χ0) is 35.7. The van der Waals surface area contributed by atoms with Gasteiger partial charge in [-0.2, -0.15) is 4.37 Å². The summed E-state index contributed by atoms with van der Waals surface area (Å²) in [7, 11) is -2.63. The van der Waals surface area contributed by atoms with E-state index in [1.807, 2.05) is 0 Å². The van der Waals surface area contributed by atoms with E-state index >= 15 is 0 Å². The van der Waals surface area contributed by atoms with Gasteiger partial charge in [0.25, 0.3) is 11.5 Å². The highest BCUT2D eigenvalue weighted by Crippen LogP contribution is 2.43. The predicted molar refractivity (Wildman–Crippen MR) is 186 cm³/mol. The molecule has 2 aliphatic heterocycles. The molecule has 1 aliphatic carbocycles. The number of methoxy groups -OCH3 is 1. The highest BCUT2D eigenvalue weighted by molar-refractivity contribution is 7.91. The first-order valence-corrected chi connectivity index (χ1v) is 19.5. The largest absolute Gasteiger partial charge is 0.496 e. The summed E-state index contributed by atoms with van der Waals surface area (Å²) in [5.41, 5.74) is -1.18. The molecule has 5 heterocycles. The maximum absolute atomic E-state index is 14.9. The van der Waals surface area contributed by atoms with E-state index in [0.29, 0.717) is 53.3 Å². The van der Waals surface area contributed by atoms with Crippen LogP contribution in [0.4, 0.5) is 4.39 Å². The van der Waals surface area contributed by atoms with Crippen LogP contribution in [-0.4, -0.2) is 63.0 Å². The van der Waals surface area contributed by atoms with Crippen LogP contribution in [0.3, 0.4) is 0 Å². The molecule has 3 aromatic heterocycles. The Morgan fingerprint density at radius 3 is 2.54 bits per heavy atom. The van der Waals surface area contributed by atoms with Gasteiger partial charge in [0, 0.05) is 5.56 Å². The van der Waals surface area contributed by atoms with E-state index in [0.717, 1.165) is 40.3 Å². The number of carbonyl (C=O) groups excluding carboxylic acids is 1. The number of hydrogen-bond acceptors (Lipinski definition) is 12. The number of halogens is 1. The lowest BCUT2D eigenvalue weighted by molar-refractivity contribution is -0.126. The summed E-state index contributed by atoms with van der Waals surface area (Å²) >= 11 is 2.28. The number of aromatic nitrogens is 4. The molecule has 2 saturated heterocycles. The average Bonchev–Trinajstić information content (AvgIpc) is 3.35. The van der Waals surface area contributed by atoms with Gasteiger partial charge < -0.3 is 14.2 Å². The molecule has 1 aromatic carbocycles. The van der Waals surface area contributed by atoms with Crippen LogP contribution in [0.5, 0.6) is 5.75 Å². The first kappa shape index (κ1) is 34.9. The van der Waals surface area contributed by atoms with Gasteiger partial charge in [-0.05, 0) is 102 Å². The number of benzene rings is 1. The summed E-state index contributed by atoms with van der Waals surface area (Å²) in [6.07, 6.45) is 2.69. The van der Waals surface area contributed by atoms with Crippen molar-refractivity contribution in [2.75, 3.05) is 7.11 Å². The molecule has 0 spiro atoms. The van der Waals surface area contributed by atoms with Crippen molar-refractivity contribution in [3.05, 3.63) is 61.5 Å². The summed E-state index contributed by atoms with van der Waals surface area (Å²) in [5.74, 6) is -0.840. The van der Waals surface area contributed by atoms with E-state index in [4.69, 9.17) is 14.2 Å². The second-order valence-electron chi connectivity index (χ2n) is 14.0. The zero-order valence-corrected chi connectivity index (χ0v) is 30.7. The van der Waals surface area contributed by atoms with E-state index in [2.05, 4.69) is 14.1 Å². The number of thiophene rings is 1. The van der Waals surface area contributed by atoms with Crippen LogP contribution in [0.15, 0.2) is 33.3 Å². The molecule has 13 nitrogen and oxygen atoms in total. The lowest BCUT2D eigenvalue weighted by atomic mass is 10.0. The summed E-state index contributed by atoms with van der Waals surface area (Å²) in [6, 6.07) is 4.07. The third kappa shape index (κ3) is 5.99. The van der Waals surface area contributed by atoms with Crippen LogP contribution in [0, 0.1) is 12.7 Å². The van der Waals surface area contributed by atoms with Gasteiger partial charge >= 0.3 is 5.69 Å². The molecule has 1 unspecified atom stereocenters. The fraction of sp³-hybridized carbons (Fsp3) is 0.545. The van der Waals surface area contributed by atoms with Crippen molar-refractivity contribution in [2.45, 2.75) is 107 Å². The van der Waals surface area contributed by atoms with E-state index in [9.17, 15) is 27.2 Å². The highest BCUT2D eigenvalue weighted by Gasteiger charge is 2.52. The first-order chi connectivity index (χ1) is 23.6. The minimum atomic E-state index is -4.09. The Balaban J connectivity index is 1.40. The molecule has 7 rings (SSSR count). The Bertz CT molecular complexity index is 2200.